The van der Waals surface area contributed by atoms with Crippen molar-refractivity contribution in [3.05, 3.63) is 0 Å². The Balaban J connectivity index is 2.45. The summed E-state index contributed by atoms with van der Waals surface area (Å²) < 4.78 is 5.32. The number of carbonyl (C=O) groups excluding carboxylic acids is 1. The highest BCUT2D eigenvalue weighted by Crippen LogP contribution is 2.25. The molecule has 1 saturated heterocycles. The van der Waals surface area contributed by atoms with Crippen LogP contribution in [0.2, 0.25) is 0 Å². The van der Waals surface area contributed by atoms with Crippen LogP contribution in [-0.4, -0.2) is 56.2 Å². The van der Waals surface area contributed by atoms with E-state index in [1.165, 1.54) is 0 Å². The predicted octanol–water partition coefficient (Wildman–Crippen LogP) is 0.588. The molecule has 5 heteroatoms. The molecule has 0 aromatic carbocycles. The van der Waals surface area contributed by atoms with Gasteiger partial charge in [-0.15, -0.1) is 0 Å². The molecule has 19 heavy (non-hydrogen) atoms. The molecule has 0 spiro atoms. The molecule has 112 valence electrons. The van der Waals surface area contributed by atoms with Crippen LogP contribution in [0.15, 0.2) is 0 Å². The van der Waals surface area contributed by atoms with E-state index in [0.717, 1.165) is 45.7 Å². The zero-order valence-corrected chi connectivity index (χ0v) is 12.6. The lowest BCUT2D eigenvalue weighted by Crippen LogP contribution is -2.51. The minimum Gasteiger partial charge on any atom is -0.379 e. The molecular formula is C14H29N3O2. The fraction of sp³-hybridized carbons (Fsp3) is 0.929. The van der Waals surface area contributed by atoms with E-state index in [0.29, 0.717) is 6.54 Å². The van der Waals surface area contributed by atoms with Crippen molar-refractivity contribution < 1.29 is 9.53 Å². The Morgan fingerprint density at radius 1 is 1.37 bits per heavy atom. The predicted molar refractivity (Wildman–Crippen MR) is 76.9 cm³/mol. The van der Waals surface area contributed by atoms with E-state index in [9.17, 15) is 4.79 Å². The second-order valence-electron chi connectivity index (χ2n) is 5.48. The third kappa shape index (κ3) is 4.44. The first kappa shape index (κ1) is 16.4. The third-order valence-electron chi connectivity index (χ3n) is 4.24. The number of nitrogens with one attached hydrogen (secondary N) is 1. The molecule has 1 rings (SSSR count). The van der Waals surface area contributed by atoms with Gasteiger partial charge in [-0.2, -0.15) is 0 Å². The van der Waals surface area contributed by atoms with Gasteiger partial charge in [-0.25, -0.2) is 0 Å². The molecule has 0 aromatic rings. The van der Waals surface area contributed by atoms with E-state index in [1.807, 2.05) is 13.8 Å². The van der Waals surface area contributed by atoms with Crippen LogP contribution in [0, 0.1) is 5.41 Å². The molecule has 1 unspecified atom stereocenters. The number of ether oxygens (including phenoxy) is 1. The Morgan fingerprint density at radius 2 is 1.95 bits per heavy atom. The van der Waals surface area contributed by atoms with Crippen LogP contribution in [0.5, 0.6) is 0 Å². The fourth-order valence-corrected chi connectivity index (χ4v) is 2.55. The van der Waals surface area contributed by atoms with Gasteiger partial charge in [0.05, 0.1) is 18.6 Å². The highest BCUT2D eigenvalue weighted by Gasteiger charge is 2.34. The van der Waals surface area contributed by atoms with Crippen LogP contribution in [0.1, 0.15) is 33.6 Å². The molecule has 1 heterocycles. The summed E-state index contributed by atoms with van der Waals surface area (Å²) in [5.41, 5.74) is 5.40. The summed E-state index contributed by atoms with van der Waals surface area (Å²) in [4.78, 5) is 14.7. The minimum absolute atomic E-state index is 0.0979. The number of nitrogens with two attached hydrogens (primary N) is 1. The maximum absolute atomic E-state index is 12.4. The summed E-state index contributed by atoms with van der Waals surface area (Å²) >= 11 is 0. The molecular weight excluding hydrogens is 242 g/mol. The van der Waals surface area contributed by atoms with Crippen molar-refractivity contribution in [3.63, 3.8) is 0 Å². The molecule has 1 aliphatic heterocycles. The molecule has 0 saturated carbocycles. The molecule has 0 aliphatic carbocycles. The molecule has 1 atom stereocenters. The number of hydrogen-bond donors (Lipinski definition) is 2. The third-order valence-corrected chi connectivity index (χ3v) is 4.24. The molecule has 0 radical (unpaired) electrons. The monoisotopic (exact) mass is 271 g/mol. The van der Waals surface area contributed by atoms with Crippen molar-refractivity contribution >= 4 is 5.91 Å². The first-order valence-corrected chi connectivity index (χ1v) is 7.39. The van der Waals surface area contributed by atoms with Crippen molar-refractivity contribution in [2.45, 2.75) is 39.7 Å². The van der Waals surface area contributed by atoms with Gasteiger partial charge in [0, 0.05) is 32.2 Å². The summed E-state index contributed by atoms with van der Waals surface area (Å²) in [6.07, 6.45) is 1.58. The van der Waals surface area contributed by atoms with Crippen molar-refractivity contribution in [2.75, 3.05) is 39.4 Å². The van der Waals surface area contributed by atoms with Gasteiger partial charge in [-0.05, 0) is 19.8 Å². The number of nitrogens with zero attached hydrogens (tertiary/aromatic N) is 1. The number of hydrogen-bond acceptors (Lipinski definition) is 4. The Kier molecular flexibility index (Phi) is 6.75. The first-order chi connectivity index (χ1) is 9.07. The van der Waals surface area contributed by atoms with Gasteiger partial charge in [0.1, 0.15) is 0 Å². The Bertz CT molecular complexity index is 266. The van der Waals surface area contributed by atoms with Gasteiger partial charge in [0.15, 0.2) is 0 Å². The van der Waals surface area contributed by atoms with Gasteiger partial charge in [-0.1, -0.05) is 13.8 Å². The zero-order valence-electron chi connectivity index (χ0n) is 12.6. The van der Waals surface area contributed by atoms with Crippen LogP contribution in [0.4, 0.5) is 0 Å². The SMILES string of the molecule is CCC(CC)(CN)C(=O)NC(C)CN1CCOCC1. The molecule has 1 aliphatic rings. The fourth-order valence-electron chi connectivity index (χ4n) is 2.55. The lowest BCUT2D eigenvalue weighted by molar-refractivity contribution is -0.131. The minimum atomic E-state index is -0.404. The number of amides is 1. The van der Waals surface area contributed by atoms with E-state index in [2.05, 4.69) is 17.1 Å². The molecule has 5 nitrogen and oxygen atoms in total. The van der Waals surface area contributed by atoms with E-state index in [1.54, 1.807) is 0 Å². The lowest BCUT2D eigenvalue weighted by Gasteiger charge is -2.33. The van der Waals surface area contributed by atoms with E-state index >= 15 is 0 Å². The van der Waals surface area contributed by atoms with Crippen LogP contribution in [0.25, 0.3) is 0 Å². The maximum Gasteiger partial charge on any atom is 0.227 e. The Hall–Kier alpha value is -0.650. The van der Waals surface area contributed by atoms with Crippen molar-refractivity contribution in [1.29, 1.82) is 0 Å². The van der Waals surface area contributed by atoms with Crippen LogP contribution < -0.4 is 11.1 Å². The molecule has 3 N–H and O–H groups in total. The van der Waals surface area contributed by atoms with E-state index < -0.39 is 5.41 Å². The standard InChI is InChI=1S/C14H29N3O2/c1-4-14(5-2,11-15)13(18)16-12(3)10-17-6-8-19-9-7-17/h12H,4-11,15H2,1-3H3,(H,16,18). The quantitative estimate of drug-likeness (QED) is 0.711. The highest BCUT2D eigenvalue weighted by molar-refractivity contribution is 5.83. The van der Waals surface area contributed by atoms with Crippen LogP contribution in [0.3, 0.4) is 0 Å². The van der Waals surface area contributed by atoms with Gasteiger partial charge >= 0.3 is 0 Å². The van der Waals surface area contributed by atoms with Gasteiger partial charge in [-0.3, -0.25) is 9.69 Å². The van der Waals surface area contributed by atoms with Crippen molar-refractivity contribution in [2.24, 2.45) is 11.1 Å². The number of rotatable bonds is 7. The second-order valence-corrected chi connectivity index (χ2v) is 5.48. The normalized spacial score (nSPS) is 19.2. The van der Waals surface area contributed by atoms with Gasteiger partial charge in [0.2, 0.25) is 5.91 Å². The first-order valence-electron chi connectivity index (χ1n) is 7.39. The second kappa shape index (κ2) is 7.82. The Morgan fingerprint density at radius 3 is 2.42 bits per heavy atom. The topological polar surface area (TPSA) is 67.6 Å². The highest BCUT2D eigenvalue weighted by atomic mass is 16.5. The van der Waals surface area contributed by atoms with Gasteiger partial charge < -0.3 is 15.8 Å². The van der Waals surface area contributed by atoms with Gasteiger partial charge in [0.25, 0.3) is 0 Å². The van der Waals surface area contributed by atoms with E-state index in [4.69, 9.17) is 10.5 Å². The number of morpholine rings is 1. The summed E-state index contributed by atoms with van der Waals surface area (Å²) in [6.45, 7) is 10.9. The van der Waals surface area contributed by atoms with Crippen LogP contribution in [-0.2, 0) is 9.53 Å². The molecule has 1 amide bonds. The zero-order chi connectivity index (χ0) is 14.3. The summed E-state index contributed by atoms with van der Waals surface area (Å²) in [5, 5.41) is 3.12. The smallest absolute Gasteiger partial charge is 0.227 e. The average molecular weight is 271 g/mol. The van der Waals surface area contributed by atoms with E-state index in [-0.39, 0.29) is 11.9 Å². The number of carbonyl (C=O) groups is 1. The molecule has 0 aromatic heterocycles. The summed E-state index contributed by atoms with van der Waals surface area (Å²) in [6, 6.07) is 0.148. The Labute approximate surface area is 116 Å². The summed E-state index contributed by atoms with van der Waals surface area (Å²) in [7, 11) is 0. The average Bonchev–Trinajstić information content (AvgIpc) is 2.42. The largest absolute Gasteiger partial charge is 0.379 e. The summed E-state index contributed by atoms with van der Waals surface area (Å²) in [5.74, 6) is 0.0979. The lowest BCUT2D eigenvalue weighted by atomic mass is 9.81. The van der Waals surface area contributed by atoms with Crippen molar-refractivity contribution in [3.8, 4) is 0 Å². The van der Waals surface area contributed by atoms with Crippen LogP contribution >= 0.6 is 0 Å². The molecule has 0 bridgehead atoms. The van der Waals surface area contributed by atoms with Crippen molar-refractivity contribution in [1.82, 2.24) is 10.2 Å². The maximum atomic E-state index is 12.4. The molecule has 1 fully saturated rings.